The molecular formula is C15H23N3O3. The second kappa shape index (κ2) is 7.24. The van der Waals surface area contributed by atoms with E-state index in [1.165, 1.54) is 0 Å². The second-order valence-corrected chi connectivity index (χ2v) is 5.64. The Balaban J connectivity index is 1.83. The molecule has 21 heavy (non-hydrogen) atoms. The van der Waals surface area contributed by atoms with Gasteiger partial charge in [-0.05, 0) is 31.6 Å². The van der Waals surface area contributed by atoms with Gasteiger partial charge < -0.3 is 15.0 Å². The molecule has 1 aliphatic carbocycles. The summed E-state index contributed by atoms with van der Waals surface area (Å²) < 4.78 is 1.75. The maximum Gasteiger partial charge on any atom is 0.303 e. The van der Waals surface area contributed by atoms with Crippen LogP contribution in [0.1, 0.15) is 51.5 Å². The highest BCUT2D eigenvalue weighted by Crippen LogP contribution is 2.33. The van der Waals surface area contributed by atoms with Crippen molar-refractivity contribution in [3.05, 3.63) is 22.7 Å². The molecule has 1 fully saturated rings. The van der Waals surface area contributed by atoms with Crippen molar-refractivity contribution < 1.29 is 9.90 Å². The fourth-order valence-corrected chi connectivity index (χ4v) is 2.46. The molecule has 0 spiro atoms. The summed E-state index contributed by atoms with van der Waals surface area (Å²) in [5.74, 6) is 0.0129. The highest BCUT2D eigenvalue weighted by Gasteiger charge is 2.25. The quantitative estimate of drug-likeness (QED) is 0.729. The van der Waals surface area contributed by atoms with Crippen molar-refractivity contribution in [3.63, 3.8) is 0 Å². The molecule has 0 saturated heterocycles. The van der Waals surface area contributed by atoms with Crippen LogP contribution in [-0.4, -0.2) is 27.2 Å². The summed E-state index contributed by atoms with van der Waals surface area (Å²) in [6.45, 7) is 2.71. The molecule has 2 rings (SSSR count). The van der Waals surface area contributed by atoms with E-state index >= 15 is 0 Å². The second-order valence-electron chi connectivity index (χ2n) is 5.64. The van der Waals surface area contributed by atoms with Crippen LogP contribution in [0.15, 0.2) is 17.2 Å². The molecule has 6 heteroatoms. The lowest BCUT2D eigenvalue weighted by atomic mass is 9.97. The molecular weight excluding hydrogens is 270 g/mol. The number of carboxylic acid groups (broad SMARTS) is 1. The summed E-state index contributed by atoms with van der Waals surface area (Å²) in [7, 11) is 0. The van der Waals surface area contributed by atoms with Crippen LogP contribution in [0.25, 0.3) is 0 Å². The third-order valence-electron chi connectivity index (χ3n) is 4.00. The molecule has 1 atom stereocenters. The zero-order valence-corrected chi connectivity index (χ0v) is 12.4. The van der Waals surface area contributed by atoms with Gasteiger partial charge in [-0.3, -0.25) is 9.59 Å². The van der Waals surface area contributed by atoms with E-state index in [1.54, 1.807) is 17.0 Å². The van der Waals surface area contributed by atoms with Crippen LogP contribution >= 0.6 is 0 Å². The normalized spacial score (nSPS) is 15.7. The summed E-state index contributed by atoms with van der Waals surface area (Å²) >= 11 is 0. The third kappa shape index (κ3) is 4.58. The van der Waals surface area contributed by atoms with Gasteiger partial charge in [0, 0.05) is 31.4 Å². The van der Waals surface area contributed by atoms with Gasteiger partial charge >= 0.3 is 5.97 Å². The number of nitrogens with one attached hydrogen (secondary N) is 1. The molecule has 1 aromatic rings. The van der Waals surface area contributed by atoms with E-state index < -0.39 is 5.97 Å². The molecule has 1 aromatic heterocycles. The minimum absolute atomic E-state index is 0.0569. The van der Waals surface area contributed by atoms with E-state index in [4.69, 9.17) is 5.11 Å². The van der Waals surface area contributed by atoms with Gasteiger partial charge in [0.15, 0.2) is 5.82 Å². The van der Waals surface area contributed by atoms with Crippen LogP contribution in [0.3, 0.4) is 0 Å². The van der Waals surface area contributed by atoms with Gasteiger partial charge in [-0.1, -0.05) is 13.3 Å². The first-order valence-corrected chi connectivity index (χ1v) is 7.64. The number of anilines is 1. The average molecular weight is 293 g/mol. The fourth-order valence-electron chi connectivity index (χ4n) is 2.46. The number of nitrogens with zero attached hydrogens (tertiary/aromatic N) is 2. The first-order chi connectivity index (χ1) is 10.1. The van der Waals surface area contributed by atoms with E-state index in [9.17, 15) is 9.59 Å². The van der Waals surface area contributed by atoms with Gasteiger partial charge in [-0.25, -0.2) is 4.98 Å². The van der Waals surface area contributed by atoms with Crippen LogP contribution in [0, 0.1) is 5.92 Å². The van der Waals surface area contributed by atoms with Gasteiger partial charge in [0.1, 0.15) is 0 Å². The zero-order chi connectivity index (χ0) is 15.2. The molecule has 2 N–H and O–H groups in total. The topological polar surface area (TPSA) is 84.2 Å². The number of aliphatic carboxylic acids is 1. The molecule has 0 amide bonds. The molecule has 0 radical (unpaired) electrons. The molecule has 116 valence electrons. The summed E-state index contributed by atoms with van der Waals surface area (Å²) in [5, 5.41) is 11.8. The zero-order valence-electron chi connectivity index (χ0n) is 12.4. The van der Waals surface area contributed by atoms with E-state index in [0.29, 0.717) is 30.7 Å². The van der Waals surface area contributed by atoms with E-state index in [1.807, 2.05) is 0 Å². The fraction of sp³-hybridized carbons (Fsp3) is 0.667. The maximum absolute atomic E-state index is 12.2. The third-order valence-corrected chi connectivity index (χ3v) is 4.00. The van der Waals surface area contributed by atoms with Crippen molar-refractivity contribution in [2.75, 3.05) is 11.9 Å². The Morgan fingerprint density at radius 2 is 2.29 bits per heavy atom. The molecule has 1 unspecified atom stereocenters. The number of hydrogen-bond acceptors (Lipinski definition) is 4. The van der Waals surface area contributed by atoms with Gasteiger partial charge in [0.25, 0.3) is 5.56 Å². The molecule has 0 bridgehead atoms. The molecule has 1 heterocycles. The number of rotatable bonds is 9. The summed E-state index contributed by atoms with van der Waals surface area (Å²) in [6, 6.07) is 0.347. The van der Waals surface area contributed by atoms with Crippen LogP contribution in [-0.2, 0) is 4.79 Å². The minimum Gasteiger partial charge on any atom is -0.481 e. The van der Waals surface area contributed by atoms with E-state index in [2.05, 4.69) is 17.2 Å². The lowest BCUT2D eigenvalue weighted by Gasteiger charge is -2.14. The lowest BCUT2D eigenvalue weighted by molar-refractivity contribution is -0.137. The number of hydrogen-bond donors (Lipinski definition) is 2. The highest BCUT2D eigenvalue weighted by molar-refractivity contribution is 5.66. The lowest BCUT2D eigenvalue weighted by Crippen LogP contribution is -2.24. The van der Waals surface area contributed by atoms with Crippen molar-refractivity contribution in [1.82, 2.24) is 9.55 Å². The predicted octanol–water partition coefficient (Wildman–Crippen LogP) is 2.27. The Hall–Kier alpha value is -1.85. The number of aromatic nitrogens is 2. The number of carboxylic acids is 1. The van der Waals surface area contributed by atoms with Crippen molar-refractivity contribution in [2.24, 2.45) is 5.92 Å². The van der Waals surface area contributed by atoms with Crippen molar-refractivity contribution in [2.45, 2.75) is 51.5 Å². The van der Waals surface area contributed by atoms with Crippen LogP contribution < -0.4 is 10.9 Å². The summed E-state index contributed by atoms with van der Waals surface area (Å²) in [4.78, 5) is 26.9. The first kappa shape index (κ1) is 15.5. The SMILES string of the molecule is CCC(CCNc1nccn(C2CC2)c1=O)CCC(=O)O. The average Bonchev–Trinajstić information content (AvgIpc) is 3.28. The van der Waals surface area contributed by atoms with E-state index in [0.717, 1.165) is 25.7 Å². The maximum atomic E-state index is 12.2. The molecule has 1 aliphatic rings. The largest absolute Gasteiger partial charge is 0.481 e. The van der Waals surface area contributed by atoms with Crippen LogP contribution in [0.4, 0.5) is 5.82 Å². The Kier molecular flexibility index (Phi) is 5.36. The van der Waals surface area contributed by atoms with Crippen molar-refractivity contribution in [3.8, 4) is 0 Å². The molecule has 1 saturated carbocycles. The Morgan fingerprint density at radius 1 is 1.52 bits per heavy atom. The van der Waals surface area contributed by atoms with Crippen molar-refractivity contribution in [1.29, 1.82) is 0 Å². The van der Waals surface area contributed by atoms with Crippen molar-refractivity contribution >= 4 is 11.8 Å². The van der Waals surface area contributed by atoms with Gasteiger partial charge in [-0.2, -0.15) is 0 Å². The molecule has 6 nitrogen and oxygen atoms in total. The molecule has 0 aliphatic heterocycles. The monoisotopic (exact) mass is 293 g/mol. The smallest absolute Gasteiger partial charge is 0.303 e. The van der Waals surface area contributed by atoms with Gasteiger partial charge in [0.05, 0.1) is 0 Å². The minimum atomic E-state index is -0.751. The Morgan fingerprint density at radius 3 is 2.90 bits per heavy atom. The first-order valence-electron chi connectivity index (χ1n) is 7.64. The van der Waals surface area contributed by atoms with Gasteiger partial charge in [-0.15, -0.1) is 0 Å². The number of carbonyl (C=O) groups is 1. The molecule has 0 aromatic carbocycles. The highest BCUT2D eigenvalue weighted by atomic mass is 16.4. The standard InChI is InChI=1S/C15H23N3O3/c1-2-11(3-6-13(19)20)7-8-16-14-15(21)18(10-9-17-14)12-4-5-12/h9-12H,2-8H2,1H3,(H,16,17)(H,19,20). The summed E-state index contributed by atoms with van der Waals surface area (Å²) in [6.07, 6.45) is 8.22. The van der Waals surface area contributed by atoms with E-state index in [-0.39, 0.29) is 12.0 Å². The predicted molar refractivity (Wildman–Crippen MR) is 80.5 cm³/mol. The van der Waals surface area contributed by atoms with Crippen LogP contribution in [0.2, 0.25) is 0 Å². The van der Waals surface area contributed by atoms with Gasteiger partial charge in [0.2, 0.25) is 0 Å². The Bertz CT molecular complexity index is 537. The van der Waals surface area contributed by atoms with Crippen LogP contribution in [0.5, 0.6) is 0 Å². The summed E-state index contributed by atoms with van der Waals surface area (Å²) in [5.41, 5.74) is -0.0569. The Labute approximate surface area is 124 Å².